The fraction of sp³-hybridized carbons (Fsp3) is 0.300. The minimum absolute atomic E-state index is 0. The van der Waals surface area contributed by atoms with Gasteiger partial charge in [-0.25, -0.2) is 13.8 Å². The van der Waals surface area contributed by atoms with Crippen molar-refractivity contribution in [3.8, 4) is 5.75 Å². The third-order valence-electron chi connectivity index (χ3n) is 4.03. The number of fused-ring (bicyclic) bond motifs is 1. The van der Waals surface area contributed by atoms with Crippen LogP contribution in [0.3, 0.4) is 0 Å². The summed E-state index contributed by atoms with van der Waals surface area (Å²) in [5, 5.41) is 0.333. The highest BCUT2D eigenvalue weighted by atomic mass is 35.5. The molecular weight excluding hydrogens is 420 g/mol. The van der Waals surface area contributed by atoms with E-state index in [2.05, 4.69) is 4.98 Å². The number of hydrogen-bond acceptors (Lipinski definition) is 5. The smallest absolute Gasteiger partial charge is 0.266 e. The lowest BCUT2D eigenvalue weighted by Crippen LogP contribution is -2.36. The van der Waals surface area contributed by atoms with E-state index in [4.69, 9.17) is 4.74 Å². The van der Waals surface area contributed by atoms with Gasteiger partial charge in [0.2, 0.25) is 0 Å². The fourth-order valence-corrected chi connectivity index (χ4v) is 3.72. The summed E-state index contributed by atoms with van der Waals surface area (Å²) in [6.07, 6.45) is 0.705. The number of carbonyl (C=O) groups is 1. The lowest BCUT2D eigenvalue weighted by atomic mass is 10.3. The summed E-state index contributed by atoms with van der Waals surface area (Å²) in [5.41, 5.74) is 0.0655. The number of hydrogen-bond donors (Lipinski definition) is 0. The summed E-state index contributed by atoms with van der Waals surface area (Å²) in [6, 6.07) is 11.0. The van der Waals surface area contributed by atoms with Crippen LogP contribution in [0.25, 0.3) is 10.2 Å². The highest BCUT2D eigenvalue weighted by Crippen LogP contribution is 2.31. The molecule has 0 saturated carbocycles. The van der Waals surface area contributed by atoms with Crippen molar-refractivity contribution >= 4 is 45.0 Å². The van der Waals surface area contributed by atoms with Crippen molar-refractivity contribution in [2.75, 3.05) is 38.7 Å². The van der Waals surface area contributed by atoms with Crippen LogP contribution in [-0.4, -0.2) is 49.6 Å². The number of benzene rings is 2. The number of anilines is 1. The number of nitrogens with zero attached hydrogens (tertiary/aromatic N) is 3. The highest BCUT2D eigenvalue weighted by molar-refractivity contribution is 7.22. The van der Waals surface area contributed by atoms with Crippen LogP contribution >= 0.6 is 23.7 Å². The second-order valence-corrected chi connectivity index (χ2v) is 7.54. The summed E-state index contributed by atoms with van der Waals surface area (Å²) < 4.78 is 33.4. The van der Waals surface area contributed by atoms with Gasteiger partial charge in [0.25, 0.3) is 5.91 Å². The van der Waals surface area contributed by atoms with Crippen molar-refractivity contribution in [2.24, 2.45) is 0 Å². The zero-order chi connectivity index (χ0) is 20.1. The van der Waals surface area contributed by atoms with Crippen LogP contribution in [0.1, 0.15) is 6.42 Å². The molecule has 2 aromatic carbocycles. The normalized spacial score (nSPS) is 10.8. The first kappa shape index (κ1) is 23.0. The Morgan fingerprint density at radius 2 is 1.86 bits per heavy atom. The van der Waals surface area contributed by atoms with Crippen LogP contribution in [-0.2, 0) is 4.79 Å². The third kappa shape index (κ3) is 6.09. The van der Waals surface area contributed by atoms with E-state index < -0.39 is 11.6 Å². The number of ether oxygens (including phenoxy) is 1. The minimum atomic E-state index is -0.737. The van der Waals surface area contributed by atoms with E-state index in [1.807, 2.05) is 37.2 Å². The van der Waals surface area contributed by atoms with Crippen molar-refractivity contribution in [1.29, 1.82) is 0 Å². The molecule has 29 heavy (non-hydrogen) atoms. The molecule has 0 radical (unpaired) electrons. The third-order valence-corrected chi connectivity index (χ3v) is 5.05. The van der Waals surface area contributed by atoms with Gasteiger partial charge in [-0.05, 0) is 45.3 Å². The minimum Gasteiger partial charge on any atom is -0.484 e. The van der Waals surface area contributed by atoms with Gasteiger partial charge < -0.3 is 9.64 Å². The van der Waals surface area contributed by atoms with Crippen LogP contribution < -0.4 is 9.64 Å². The van der Waals surface area contributed by atoms with E-state index in [0.29, 0.717) is 28.5 Å². The predicted molar refractivity (Wildman–Crippen MR) is 114 cm³/mol. The molecule has 0 spiro atoms. The number of para-hydroxylation sites is 1. The molecule has 0 unspecified atom stereocenters. The van der Waals surface area contributed by atoms with E-state index in [1.165, 1.54) is 11.0 Å². The van der Waals surface area contributed by atoms with Crippen LogP contribution in [0.5, 0.6) is 5.75 Å². The maximum absolute atomic E-state index is 14.0. The highest BCUT2D eigenvalue weighted by Gasteiger charge is 2.21. The number of aromatic nitrogens is 1. The average molecular weight is 442 g/mol. The Morgan fingerprint density at radius 1 is 1.14 bits per heavy atom. The zero-order valence-corrected chi connectivity index (χ0v) is 17.7. The maximum Gasteiger partial charge on any atom is 0.266 e. The molecule has 0 atom stereocenters. The Hall–Kier alpha value is -2.29. The first-order chi connectivity index (χ1) is 13.4. The van der Waals surface area contributed by atoms with Gasteiger partial charge in [-0.15, -0.1) is 12.4 Å². The van der Waals surface area contributed by atoms with E-state index in [0.717, 1.165) is 23.9 Å². The zero-order valence-electron chi connectivity index (χ0n) is 16.1. The Kier molecular flexibility index (Phi) is 8.31. The SMILES string of the molecule is CN(C)CCCN(C(=O)COc1ccccc1)c1nc2c(F)cc(F)cc2s1.Cl. The number of halogens is 3. The van der Waals surface area contributed by atoms with Crippen LogP contribution in [0.4, 0.5) is 13.9 Å². The molecular formula is C20H22ClF2N3O2S. The quantitative estimate of drug-likeness (QED) is 0.521. The van der Waals surface area contributed by atoms with Crippen molar-refractivity contribution < 1.29 is 18.3 Å². The van der Waals surface area contributed by atoms with E-state index in [9.17, 15) is 13.6 Å². The molecule has 0 bridgehead atoms. The fourth-order valence-electron chi connectivity index (χ4n) is 2.67. The summed E-state index contributed by atoms with van der Waals surface area (Å²) in [7, 11) is 3.89. The van der Waals surface area contributed by atoms with Crippen molar-refractivity contribution in [3.05, 3.63) is 54.1 Å². The van der Waals surface area contributed by atoms with Gasteiger partial charge in [-0.2, -0.15) is 0 Å². The Bertz CT molecular complexity index is 954. The van der Waals surface area contributed by atoms with Gasteiger partial charge in [0.05, 0.1) is 4.70 Å². The average Bonchev–Trinajstić information content (AvgIpc) is 3.08. The number of amides is 1. The molecule has 156 valence electrons. The lowest BCUT2D eigenvalue weighted by Gasteiger charge is -2.21. The second-order valence-electron chi connectivity index (χ2n) is 6.53. The maximum atomic E-state index is 14.0. The molecule has 0 aliphatic carbocycles. The van der Waals surface area contributed by atoms with Crippen molar-refractivity contribution in [1.82, 2.24) is 9.88 Å². The molecule has 0 aliphatic rings. The molecule has 3 aromatic rings. The molecule has 1 aromatic heterocycles. The van der Waals surface area contributed by atoms with E-state index in [1.54, 1.807) is 12.1 Å². The van der Waals surface area contributed by atoms with E-state index >= 15 is 0 Å². The van der Waals surface area contributed by atoms with Crippen LogP contribution in [0, 0.1) is 11.6 Å². The molecule has 9 heteroatoms. The number of carbonyl (C=O) groups excluding carboxylic acids is 1. The second kappa shape index (κ2) is 10.5. The standard InChI is InChI=1S/C20H21F2N3O2S.ClH/c1-24(2)9-6-10-25(18(26)13-27-15-7-4-3-5-8-15)20-23-19-16(22)11-14(21)12-17(19)28-20;/h3-5,7-8,11-12H,6,9-10,13H2,1-2H3;1H. The molecule has 1 amide bonds. The van der Waals surface area contributed by atoms with Crippen LogP contribution in [0.15, 0.2) is 42.5 Å². The summed E-state index contributed by atoms with van der Waals surface area (Å²) in [5.74, 6) is -1.11. The topological polar surface area (TPSA) is 45.7 Å². The monoisotopic (exact) mass is 441 g/mol. The number of thiazole rings is 1. The van der Waals surface area contributed by atoms with Gasteiger partial charge in [-0.3, -0.25) is 9.69 Å². The molecule has 0 N–H and O–H groups in total. The van der Waals surface area contributed by atoms with Crippen molar-refractivity contribution in [2.45, 2.75) is 6.42 Å². The molecule has 5 nitrogen and oxygen atoms in total. The first-order valence-corrected chi connectivity index (χ1v) is 9.64. The Morgan fingerprint density at radius 3 is 2.55 bits per heavy atom. The summed E-state index contributed by atoms with van der Waals surface area (Å²) in [6.45, 7) is 1.01. The van der Waals surface area contributed by atoms with Gasteiger partial charge in [-0.1, -0.05) is 29.5 Å². The Balaban J connectivity index is 0.00000300. The molecule has 0 aliphatic heterocycles. The van der Waals surface area contributed by atoms with Crippen molar-refractivity contribution in [3.63, 3.8) is 0 Å². The Labute approximate surface area is 178 Å². The van der Waals surface area contributed by atoms with E-state index in [-0.39, 0.29) is 30.4 Å². The molecule has 0 fully saturated rings. The first-order valence-electron chi connectivity index (χ1n) is 8.82. The largest absolute Gasteiger partial charge is 0.484 e. The van der Waals surface area contributed by atoms with Gasteiger partial charge in [0.15, 0.2) is 17.6 Å². The molecule has 1 heterocycles. The van der Waals surface area contributed by atoms with Gasteiger partial charge >= 0.3 is 0 Å². The molecule has 3 rings (SSSR count). The van der Waals surface area contributed by atoms with Crippen LogP contribution in [0.2, 0.25) is 0 Å². The number of rotatable bonds is 8. The molecule has 0 saturated heterocycles. The predicted octanol–water partition coefficient (Wildman–Crippen LogP) is 4.36. The lowest BCUT2D eigenvalue weighted by molar-refractivity contribution is -0.120. The van der Waals surface area contributed by atoms with Gasteiger partial charge in [0.1, 0.15) is 17.1 Å². The summed E-state index contributed by atoms with van der Waals surface area (Å²) >= 11 is 1.09. The summed E-state index contributed by atoms with van der Waals surface area (Å²) in [4.78, 5) is 20.5. The van der Waals surface area contributed by atoms with Gasteiger partial charge in [0, 0.05) is 12.6 Å².